The molecule has 15 heavy (non-hydrogen) atoms. The predicted octanol–water partition coefficient (Wildman–Crippen LogP) is 1.88. The summed E-state index contributed by atoms with van der Waals surface area (Å²) in [7, 11) is 0. The number of rotatable bonds is 4. The maximum Gasteiger partial charge on any atom is 0.257 e. The van der Waals surface area contributed by atoms with Crippen LogP contribution in [0.2, 0.25) is 0 Å². The molecule has 0 spiro atoms. The zero-order chi connectivity index (χ0) is 10.5. The van der Waals surface area contributed by atoms with E-state index in [1.165, 1.54) is 6.73 Å². The van der Waals surface area contributed by atoms with E-state index < -0.39 is 0 Å². The van der Waals surface area contributed by atoms with Crippen LogP contribution in [0.4, 0.5) is 0 Å². The first-order valence-electron chi connectivity index (χ1n) is 4.95. The molecular formula is C11H13N2O2. The second-order valence-electron chi connectivity index (χ2n) is 3.18. The normalized spacial score (nSPS) is 14.1. The number of nitrogens with one attached hydrogen (secondary N) is 1. The maximum absolute atomic E-state index is 5.47. The summed E-state index contributed by atoms with van der Waals surface area (Å²) in [6.45, 7) is 4.27. The molecule has 1 aromatic rings. The molecule has 0 saturated carbocycles. The first-order chi connectivity index (χ1) is 7.40. The summed E-state index contributed by atoms with van der Waals surface area (Å²) in [5.41, 5.74) is 0.979. The fourth-order valence-electron chi connectivity index (χ4n) is 1.25. The summed E-state index contributed by atoms with van der Waals surface area (Å²) >= 11 is 0. The summed E-state index contributed by atoms with van der Waals surface area (Å²) in [5, 5.41) is 6.70. The monoisotopic (exact) mass is 205 g/mol. The average molecular weight is 205 g/mol. The van der Waals surface area contributed by atoms with Gasteiger partial charge < -0.3 is 14.9 Å². The van der Waals surface area contributed by atoms with Gasteiger partial charge in [-0.25, -0.2) is 0 Å². The van der Waals surface area contributed by atoms with Gasteiger partial charge in [-0.05, 0) is 30.7 Å². The van der Waals surface area contributed by atoms with Crippen LogP contribution in [0.5, 0.6) is 5.75 Å². The van der Waals surface area contributed by atoms with E-state index in [4.69, 9.17) is 9.57 Å². The van der Waals surface area contributed by atoms with Crippen molar-refractivity contribution in [3.8, 4) is 5.75 Å². The van der Waals surface area contributed by atoms with Gasteiger partial charge in [-0.15, -0.1) is 0 Å². The van der Waals surface area contributed by atoms with Gasteiger partial charge >= 0.3 is 0 Å². The quantitative estimate of drug-likeness (QED) is 0.816. The Morgan fingerprint density at radius 1 is 1.33 bits per heavy atom. The Bertz CT molecular complexity index is 346. The first kappa shape index (κ1) is 9.83. The highest BCUT2D eigenvalue weighted by Gasteiger charge is 2.09. The Balaban J connectivity index is 2.03. The highest BCUT2D eigenvalue weighted by atomic mass is 16.6. The molecule has 4 nitrogen and oxygen atoms in total. The van der Waals surface area contributed by atoms with Crippen molar-refractivity contribution in [3.63, 3.8) is 0 Å². The van der Waals surface area contributed by atoms with Gasteiger partial charge in [-0.1, -0.05) is 12.1 Å². The Hall–Kier alpha value is -1.71. The van der Waals surface area contributed by atoms with E-state index in [0.717, 1.165) is 30.2 Å². The molecule has 0 fully saturated rings. The second kappa shape index (κ2) is 4.68. The largest absolute Gasteiger partial charge is 0.494 e. The van der Waals surface area contributed by atoms with E-state index in [-0.39, 0.29) is 0 Å². The molecule has 1 aliphatic rings. The lowest BCUT2D eigenvalue weighted by Gasteiger charge is -2.05. The minimum atomic E-state index is 0.719. The van der Waals surface area contributed by atoms with Crippen molar-refractivity contribution >= 4 is 5.84 Å². The van der Waals surface area contributed by atoms with Gasteiger partial charge in [0.25, 0.3) is 6.73 Å². The molecule has 0 bridgehead atoms. The molecule has 2 rings (SSSR count). The number of oxime groups is 1. The molecule has 0 saturated heterocycles. The van der Waals surface area contributed by atoms with Gasteiger partial charge in [0.1, 0.15) is 5.75 Å². The minimum Gasteiger partial charge on any atom is -0.494 e. The lowest BCUT2D eigenvalue weighted by atomic mass is 10.2. The third-order valence-corrected chi connectivity index (χ3v) is 1.99. The lowest BCUT2D eigenvalue weighted by Crippen LogP contribution is -2.15. The van der Waals surface area contributed by atoms with Gasteiger partial charge in [-0.2, -0.15) is 0 Å². The number of hydrogen-bond acceptors (Lipinski definition) is 4. The molecule has 0 aromatic heterocycles. The molecule has 0 amide bonds. The topological polar surface area (TPSA) is 42.9 Å². The molecule has 0 unspecified atom stereocenters. The van der Waals surface area contributed by atoms with Crippen LogP contribution in [0.1, 0.15) is 18.9 Å². The number of benzene rings is 1. The number of nitrogens with zero attached hydrogens (tertiary/aromatic N) is 1. The second-order valence-corrected chi connectivity index (χ2v) is 3.18. The molecule has 1 aromatic carbocycles. The number of ether oxygens (including phenoxy) is 1. The van der Waals surface area contributed by atoms with Crippen LogP contribution in [0.3, 0.4) is 0 Å². The van der Waals surface area contributed by atoms with Crippen LogP contribution in [0, 0.1) is 6.73 Å². The lowest BCUT2D eigenvalue weighted by molar-refractivity contribution is 0.228. The number of hydrogen-bond donors (Lipinski definition) is 1. The molecule has 1 heterocycles. The molecular weight excluding hydrogens is 192 g/mol. The van der Waals surface area contributed by atoms with Crippen LogP contribution in [-0.2, 0) is 4.84 Å². The van der Waals surface area contributed by atoms with Crippen LogP contribution in [0.25, 0.3) is 0 Å². The highest BCUT2D eigenvalue weighted by molar-refractivity contribution is 5.99. The smallest absolute Gasteiger partial charge is 0.257 e. The van der Waals surface area contributed by atoms with Crippen LogP contribution >= 0.6 is 0 Å². The Labute approximate surface area is 88.9 Å². The van der Waals surface area contributed by atoms with Crippen molar-refractivity contribution < 1.29 is 9.57 Å². The Kier molecular flexibility index (Phi) is 3.07. The summed E-state index contributed by atoms with van der Waals surface area (Å²) in [6, 6.07) is 7.74. The van der Waals surface area contributed by atoms with Gasteiger partial charge in [0.05, 0.1) is 6.61 Å². The van der Waals surface area contributed by atoms with Gasteiger partial charge in [0, 0.05) is 5.56 Å². The summed E-state index contributed by atoms with van der Waals surface area (Å²) in [4.78, 5) is 4.73. The zero-order valence-electron chi connectivity index (χ0n) is 8.56. The predicted molar refractivity (Wildman–Crippen MR) is 57.3 cm³/mol. The molecule has 1 N–H and O–H groups in total. The van der Waals surface area contributed by atoms with Crippen LogP contribution < -0.4 is 10.1 Å². The van der Waals surface area contributed by atoms with E-state index >= 15 is 0 Å². The molecule has 79 valence electrons. The van der Waals surface area contributed by atoms with E-state index in [1.54, 1.807) is 0 Å². The summed E-state index contributed by atoms with van der Waals surface area (Å²) in [6.07, 6.45) is 1.01. The van der Waals surface area contributed by atoms with Crippen molar-refractivity contribution in [3.05, 3.63) is 36.6 Å². The van der Waals surface area contributed by atoms with E-state index in [0.29, 0.717) is 0 Å². The van der Waals surface area contributed by atoms with Gasteiger partial charge in [0.15, 0.2) is 5.84 Å². The zero-order valence-corrected chi connectivity index (χ0v) is 8.56. The van der Waals surface area contributed by atoms with Crippen LogP contribution in [-0.4, -0.2) is 12.4 Å². The summed E-state index contributed by atoms with van der Waals surface area (Å²) in [5.74, 6) is 1.60. The van der Waals surface area contributed by atoms with Crippen molar-refractivity contribution in [2.24, 2.45) is 5.16 Å². The van der Waals surface area contributed by atoms with E-state index in [9.17, 15) is 0 Å². The fourth-order valence-corrected chi connectivity index (χ4v) is 1.25. The fraction of sp³-hybridized carbons (Fsp3) is 0.273. The third kappa shape index (κ3) is 2.40. The Morgan fingerprint density at radius 3 is 2.73 bits per heavy atom. The van der Waals surface area contributed by atoms with Crippen molar-refractivity contribution in [1.29, 1.82) is 0 Å². The van der Waals surface area contributed by atoms with Crippen molar-refractivity contribution in [2.45, 2.75) is 13.3 Å². The van der Waals surface area contributed by atoms with E-state index in [2.05, 4.69) is 17.4 Å². The number of amidine groups is 1. The van der Waals surface area contributed by atoms with Crippen LogP contribution in [0.15, 0.2) is 29.4 Å². The molecule has 0 aliphatic carbocycles. The third-order valence-electron chi connectivity index (χ3n) is 1.99. The maximum atomic E-state index is 5.47. The summed E-state index contributed by atoms with van der Waals surface area (Å²) < 4.78 is 5.47. The highest BCUT2D eigenvalue weighted by Crippen LogP contribution is 2.13. The first-order valence-corrected chi connectivity index (χ1v) is 4.95. The Morgan fingerprint density at radius 2 is 2.13 bits per heavy atom. The molecule has 1 radical (unpaired) electrons. The minimum absolute atomic E-state index is 0.719. The molecule has 0 atom stereocenters. The SMILES string of the molecule is CCCOc1ccc(C2=NO[CH]N2)cc1. The molecule has 4 heteroatoms. The van der Waals surface area contributed by atoms with E-state index in [1.807, 2.05) is 24.3 Å². The standard InChI is InChI=1S/C11H13N2O2/c1-2-7-14-10-5-3-9(4-6-10)11-12-8-15-13-11/h3-6,8H,2,7H2,1H3,(H,12,13). The molecule has 1 aliphatic heterocycles. The van der Waals surface area contributed by atoms with Gasteiger partial charge in [0.2, 0.25) is 0 Å². The average Bonchev–Trinajstić information content (AvgIpc) is 2.80. The van der Waals surface area contributed by atoms with Gasteiger partial charge in [-0.3, -0.25) is 0 Å². The van der Waals surface area contributed by atoms with Crippen molar-refractivity contribution in [1.82, 2.24) is 5.32 Å². The van der Waals surface area contributed by atoms with Crippen molar-refractivity contribution in [2.75, 3.05) is 6.61 Å².